The monoisotopic (exact) mass is 311 g/mol. The molecule has 0 atom stereocenters. The van der Waals surface area contributed by atoms with Crippen LogP contribution in [-0.2, 0) is 21.2 Å². The molecule has 0 bridgehead atoms. The summed E-state index contributed by atoms with van der Waals surface area (Å²) in [5.74, 6) is -0.401. The van der Waals surface area contributed by atoms with Gasteiger partial charge in [-0.15, -0.1) is 0 Å². The highest BCUT2D eigenvalue weighted by Gasteiger charge is 2.15. The first kappa shape index (κ1) is 14.8. The lowest BCUT2D eigenvalue weighted by Gasteiger charge is -2.07. The molecule has 0 heterocycles. The number of benzene rings is 2. The van der Waals surface area contributed by atoms with Crippen LogP contribution < -0.4 is 5.73 Å². The summed E-state index contributed by atoms with van der Waals surface area (Å²) in [5, 5.41) is 0.217. The first-order chi connectivity index (χ1) is 9.49. The molecule has 2 rings (SSSR count). The normalized spacial score (nSPS) is 11.4. The average Bonchev–Trinajstić information content (AvgIpc) is 2.43. The predicted octanol–water partition coefficient (Wildman–Crippen LogP) is 2.87. The van der Waals surface area contributed by atoms with E-state index < -0.39 is 15.8 Å². The maximum atomic E-state index is 12.1. The molecule has 0 aliphatic carbocycles. The second kappa shape index (κ2) is 6.26. The molecule has 106 valence electrons. The van der Waals surface area contributed by atoms with Crippen molar-refractivity contribution >= 4 is 27.1 Å². The summed E-state index contributed by atoms with van der Waals surface area (Å²) in [5.41, 5.74) is 6.81. The zero-order chi connectivity index (χ0) is 14.6. The van der Waals surface area contributed by atoms with Gasteiger partial charge in [0.25, 0.3) is 0 Å². The molecule has 0 aromatic heterocycles. The van der Waals surface area contributed by atoms with Crippen LogP contribution in [0.5, 0.6) is 0 Å². The van der Waals surface area contributed by atoms with Gasteiger partial charge >= 0.3 is 0 Å². The maximum absolute atomic E-state index is 12.1. The minimum atomic E-state index is -3.53. The lowest BCUT2D eigenvalue weighted by Crippen LogP contribution is -2.10. The standard InChI is InChI=1S/C14H14ClNO3S/c15-13-8-12(6-7-14(13)16)20(17,18)10-19-9-11-4-2-1-3-5-11/h1-8H,9-10,16H2. The van der Waals surface area contributed by atoms with Gasteiger partial charge in [0.05, 0.1) is 22.2 Å². The third kappa shape index (κ3) is 3.72. The van der Waals surface area contributed by atoms with E-state index in [1.54, 1.807) is 0 Å². The highest BCUT2D eigenvalue weighted by molar-refractivity contribution is 7.91. The largest absolute Gasteiger partial charge is 0.398 e. The number of halogens is 1. The SMILES string of the molecule is Nc1ccc(S(=O)(=O)COCc2ccccc2)cc1Cl. The molecule has 0 saturated heterocycles. The van der Waals surface area contributed by atoms with Crippen LogP contribution in [0.4, 0.5) is 5.69 Å². The van der Waals surface area contributed by atoms with Gasteiger partial charge in [-0.05, 0) is 23.8 Å². The van der Waals surface area contributed by atoms with Gasteiger partial charge in [0.15, 0.2) is 5.94 Å². The van der Waals surface area contributed by atoms with Crippen molar-refractivity contribution in [1.82, 2.24) is 0 Å². The average molecular weight is 312 g/mol. The predicted molar refractivity (Wildman–Crippen MR) is 79.1 cm³/mol. The van der Waals surface area contributed by atoms with Gasteiger partial charge in [0.2, 0.25) is 9.84 Å². The van der Waals surface area contributed by atoms with Crippen molar-refractivity contribution in [2.45, 2.75) is 11.5 Å². The molecule has 0 aliphatic heterocycles. The maximum Gasteiger partial charge on any atom is 0.202 e. The lowest BCUT2D eigenvalue weighted by molar-refractivity contribution is 0.163. The molecule has 0 unspecified atom stereocenters. The van der Waals surface area contributed by atoms with Gasteiger partial charge in [0.1, 0.15) is 0 Å². The van der Waals surface area contributed by atoms with E-state index in [9.17, 15) is 8.42 Å². The molecule has 4 nitrogen and oxygen atoms in total. The van der Waals surface area contributed by atoms with Crippen LogP contribution in [0.15, 0.2) is 53.4 Å². The Morgan fingerprint density at radius 1 is 1.10 bits per heavy atom. The third-order valence-corrected chi connectivity index (χ3v) is 4.46. The number of hydrogen-bond donors (Lipinski definition) is 1. The Kier molecular flexibility index (Phi) is 4.65. The van der Waals surface area contributed by atoms with Crippen LogP contribution in [0.3, 0.4) is 0 Å². The summed E-state index contributed by atoms with van der Waals surface area (Å²) >= 11 is 5.82. The number of nitrogens with two attached hydrogens (primary N) is 1. The third-order valence-electron chi connectivity index (χ3n) is 2.68. The Labute approximate surface area is 123 Å². The fourth-order valence-electron chi connectivity index (χ4n) is 1.61. The Morgan fingerprint density at radius 3 is 2.45 bits per heavy atom. The number of rotatable bonds is 5. The highest BCUT2D eigenvalue weighted by Crippen LogP contribution is 2.23. The number of sulfone groups is 1. The van der Waals surface area contributed by atoms with Crippen molar-refractivity contribution in [3.05, 3.63) is 59.1 Å². The summed E-state index contributed by atoms with van der Waals surface area (Å²) in [4.78, 5) is 0.102. The van der Waals surface area contributed by atoms with Crippen LogP contribution >= 0.6 is 11.6 Å². The number of hydrogen-bond acceptors (Lipinski definition) is 4. The summed E-state index contributed by atoms with van der Waals surface area (Å²) in [6, 6.07) is 13.6. The van der Waals surface area contributed by atoms with E-state index in [-0.39, 0.29) is 16.5 Å². The van der Waals surface area contributed by atoms with E-state index in [2.05, 4.69) is 0 Å². The van der Waals surface area contributed by atoms with Crippen molar-refractivity contribution in [3.8, 4) is 0 Å². The smallest absolute Gasteiger partial charge is 0.202 e. The molecular weight excluding hydrogens is 298 g/mol. The lowest BCUT2D eigenvalue weighted by atomic mass is 10.2. The second-order valence-corrected chi connectivity index (χ2v) is 6.59. The van der Waals surface area contributed by atoms with Crippen molar-refractivity contribution < 1.29 is 13.2 Å². The summed E-state index contributed by atoms with van der Waals surface area (Å²) in [7, 11) is -3.53. The minimum absolute atomic E-state index is 0.102. The zero-order valence-electron chi connectivity index (χ0n) is 10.6. The van der Waals surface area contributed by atoms with Crippen LogP contribution in [-0.4, -0.2) is 14.4 Å². The Morgan fingerprint density at radius 2 is 1.80 bits per heavy atom. The number of anilines is 1. The fraction of sp³-hybridized carbons (Fsp3) is 0.143. The van der Waals surface area contributed by atoms with Crippen LogP contribution in [0.1, 0.15) is 5.56 Å². The summed E-state index contributed by atoms with van der Waals surface area (Å²) in [6.07, 6.45) is 0. The van der Waals surface area contributed by atoms with Gasteiger partial charge in [-0.25, -0.2) is 8.42 Å². The molecule has 2 N–H and O–H groups in total. The molecule has 0 radical (unpaired) electrons. The second-order valence-electron chi connectivity index (χ2n) is 4.25. The number of nitrogen functional groups attached to an aromatic ring is 1. The molecule has 0 amide bonds. The Bertz CT molecular complexity index is 687. The molecule has 0 fully saturated rings. The van der Waals surface area contributed by atoms with Gasteiger partial charge in [-0.1, -0.05) is 41.9 Å². The topological polar surface area (TPSA) is 69.4 Å². The van der Waals surface area contributed by atoms with E-state index in [0.717, 1.165) is 5.56 Å². The summed E-state index contributed by atoms with van der Waals surface area (Å²) in [6.45, 7) is 0.239. The first-order valence-electron chi connectivity index (χ1n) is 5.88. The van der Waals surface area contributed by atoms with Gasteiger partial charge in [0, 0.05) is 0 Å². The molecule has 6 heteroatoms. The minimum Gasteiger partial charge on any atom is -0.398 e. The van der Waals surface area contributed by atoms with Crippen LogP contribution in [0.25, 0.3) is 0 Å². The Balaban J connectivity index is 2.02. The molecule has 0 saturated carbocycles. The van der Waals surface area contributed by atoms with Crippen molar-refractivity contribution in [1.29, 1.82) is 0 Å². The van der Waals surface area contributed by atoms with E-state index >= 15 is 0 Å². The van der Waals surface area contributed by atoms with Crippen LogP contribution in [0.2, 0.25) is 5.02 Å². The van der Waals surface area contributed by atoms with E-state index in [0.29, 0.717) is 5.69 Å². The van der Waals surface area contributed by atoms with Crippen molar-refractivity contribution in [2.75, 3.05) is 11.7 Å². The molecule has 2 aromatic rings. The zero-order valence-corrected chi connectivity index (χ0v) is 12.2. The molecule has 0 spiro atoms. The molecule has 2 aromatic carbocycles. The summed E-state index contributed by atoms with van der Waals surface area (Å²) < 4.78 is 29.4. The van der Waals surface area contributed by atoms with Crippen LogP contribution in [0, 0.1) is 0 Å². The molecular formula is C14H14ClNO3S. The van der Waals surface area contributed by atoms with E-state index in [1.165, 1.54) is 18.2 Å². The van der Waals surface area contributed by atoms with Gasteiger partial charge in [-0.2, -0.15) is 0 Å². The first-order valence-corrected chi connectivity index (χ1v) is 7.91. The number of ether oxygens (including phenoxy) is 1. The highest BCUT2D eigenvalue weighted by atomic mass is 35.5. The van der Waals surface area contributed by atoms with Gasteiger partial charge < -0.3 is 10.5 Å². The van der Waals surface area contributed by atoms with E-state index in [4.69, 9.17) is 22.1 Å². The quantitative estimate of drug-likeness (QED) is 0.862. The van der Waals surface area contributed by atoms with Crippen molar-refractivity contribution in [2.24, 2.45) is 0 Å². The van der Waals surface area contributed by atoms with Gasteiger partial charge in [-0.3, -0.25) is 0 Å². The fourth-order valence-corrected chi connectivity index (χ4v) is 2.87. The van der Waals surface area contributed by atoms with Crippen molar-refractivity contribution in [3.63, 3.8) is 0 Å². The molecule has 20 heavy (non-hydrogen) atoms. The molecule has 0 aliphatic rings. The Hall–Kier alpha value is -1.56. The van der Waals surface area contributed by atoms with E-state index in [1.807, 2.05) is 30.3 Å².